The summed E-state index contributed by atoms with van der Waals surface area (Å²) in [5.41, 5.74) is 0.783. The molecule has 25 heavy (non-hydrogen) atoms. The largest absolute Gasteiger partial charge is 0.325 e. The Kier molecular flexibility index (Phi) is 5.85. The minimum atomic E-state index is -3.43. The van der Waals surface area contributed by atoms with E-state index in [0.717, 1.165) is 5.69 Å². The number of hydrogen-bond acceptors (Lipinski definition) is 5. The molecule has 2 N–H and O–H groups in total. The number of likely N-dealkylation sites (tertiary alicyclic amines) is 1. The summed E-state index contributed by atoms with van der Waals surface area (Å²) in [6, 6.07) is 12.6. The second-order valence-electron chi connectivity index (χ2n) is 6.02. The number of hydrogen-bond donors (Lipinski definition) is 2. The van der Waals surface area contributed by atoms with Gasteiger partial charge in [0.05, 0.1) is 6.54 Å². The molecule has 1 aromatic carbocycles. The fourth-order valence-electron chi connectivity index (χ4n) is 2.83. The molecule has 0 radical (unpaired) electrons. The van der Waals surface area contributed by atoms with E-state index in [9.17, 15) is 13.2 Å². The monoisotopic (exact) mass is 379 g/mol. The number of carbonyl (C=O) groups is 1. The van der Waals surface area contributed by atoms with Crippen molar-refractivity contribution in [3.05, 3.63) is 47.8 Å². The van der Waals surface area contributed by atoms with Crippen LogP contribution in [0.2, 0.25) is 0 Å². The third kappa shape index (κ3) is 5.12. The minimum absolute atomic E-state index is 0.0520. The lowest BCUT2D eigenvalue weighted by molar-refractivity contribution is -0.117. The molecule has 1 aromatic heterocycles. The van der Waals surface area contributed by atoms with E-state index in [1.807, 2.05) is 35.2 Å². The summed E-state index contributed by atoms with van der Waals surface area (Å²) in [5.74, 6) is -0.0520. The van der Waals surface area contributed by atoms with E-state index in [4.69, 9.17) is 0 Å². The topological polar surface area (TPSA) is 78.5 Å². The van der Waals surface area contributed by atoms with Gasteiger partial charge in [-0.15, -0.1) is 11.3 Å². The number of benzene rings is 1. The van der Waals surface area contributed by atoms with Crippen LogP contribution in [0.4, 0.5) is 5.69 Å². The molecular formula is C17H21N3O3S2. The first-order chi connectivity index (χ1) is 12.0. The van der Waals surface area contributed by atoms with E-state index in [1.54, 1.807) is 17.5 Å². The van der Waals surface area contributed by atoms with Gasteiger partial charge in [0.2, 0.25) is 15.9 Å². The van der Waals surface area contributed by atoms with Crippen molar-refractivity contribution in [2.45, 2.75) is 23.1 Å². The molecule has 0 atom stereocenters. The maximum atomic E-state index is 12.2. The summed E-state index contributed by atoms with van der Waals surface area (Å²) in [6.07, 6.45) is 1.40. The van der Waals surface area contributed by atoms with Gasteiger partial charge in [-0.05, 0) is 36.4 Å². The zero-order valence-corrected chi connectivity index (χ0v) is 15.4. The van der Waals surface area contributed by atoms with Crippen molar-refractivity contribution in [2.75, 3.05) is 25.0 Å². The van der Waals surface area contributed by atoms with Crippen LogP contribution in [0.25, 0.3) is 0 Å². The highest BCUT2D eigenvalue weighted by Gasteiger charge is 2.25. The molecule has 0 aliphatic carbocycles. The Morgan fingerprint density at radius 2 is 1.84 bits per heavy atom. The summed E-state index contributed by atoms with van der Waals surface area (Å²) in [5, 5.41) is 4.62. The molecule has 1 aliphatic rings. The molecule has 0 unspecified atom stereocenters. The van der Waals surface area contributed by atoms with Crippen LogP contribution in [0, 0.1) is 0 Å². The average Bonchev–Trinajstić information content (AvgIpc) is 3.13. The maximum absolute atomic E-state index is 12.2. The van der Waals surface area contributed by atoms with Crippen LogP contribution < -0.4 is 10.0 Å². The highest BCUT2D eigenvalue weighted by Crippen LogP contribution is 2.18. The molecule has 1 saturated heterocycles. The summed E-state index contributed by atoms with van der Waals surface area (Å²) < 4.78 is 27.6. The number of anilines is 1. The van der Waals surface area contributed by atoms with Gasteiger partial charge in [0.1, 0.15) is 4.21 Å². The smallest absolute Gasteiger partial charge is 0.250 e. The third-order valence-corrected chi connectivity index (χ3v) is 7.01. The molecule has 6 nitrogen and oxygen atoms in total. The molecule has 3 rings (SSSR count). The highest BCUT2D eigenvalue weighted by molar-refractivity contribution is 7.91. The van der Waals surface area contributed by atoms with Crippen LogP contribution in [-0.4, -0.2) is 44.9 Å². The molecule has 2 aromatic rings. The summed E-state index contributed by atoms with van der Waals surface area (Å²) in [4.78, 5) is 14.1. The van der Waals surface area contributed by atoms with Crippen LogP contribution in [0.3, 0.4) is 0 Å². The van der Waals surface area contributed by atoms with Crippen LogP contribution in [0.5, 0.6) is 0 Å². The fourth-order valence-corrected chi connectivity index (χ4v) is 5.14. The molecule has 0 saturated carbocycles. The molecule has 0 bridgehead atoms. The second kappa shape index (κ2) is 8.09. The second-order valence-corrected chi connectivity index (χ2v) is 8.91. The van der Waals surface area contributed by atoms with Crippen molar-refractivity contribution in [3.63, 3.8) is 0 Å². The number of nitrogens with one attached hydrogen (secondary N) is 2. The molecule has 134 valence electrons. The predicted molar refractivity (Wildman–Crippen MR) is 99.2 cm³/mol. The molecule has 1 aliphatic heterocycles. The quantitative estimate of drug-likeness (QED) is 0.806. The lowest BCUT2D eigenvalue weighted by Crippen LogP contribution is -2.46. The number of amides is 1. The van der Waals surface area contributed by atoms with Gasteiger partial charge >= 0.3 is 0 Å². The number of rotatable bonds is 6. The van der Waals surface area contributed by atoms with Gasteiger partial charge in [-0.2, -0.15) is 0 Å². The number of para-hydroxylation sites is 1. The Hall–Kier alpha value is -1.74. The van der Waals surface area contributed by atoms with Crippen LogP contribution in [-0.2, 0) is 14.8 Å². The highest BCUT2D eigenvalue weighted by atomic mass is 32.2. The zero-order valence-electron chi connectivity index (χ0n) is 13.7. The summed E-state index contributed by atoms with van der Waals surface area (Å²) >= 11 is 1.21. The Bertz CT molecular complexity index is 784. The first-order valence-electron chi connectivity index (χ1n) is 8.16. The van der Waals surface area contributed by atoms with Crippen LogP contribution in [0.1, 0.15) is 12.8 Å². The van der Waals surface area contributed by atoms with E-state index in [2.05, 4.69) is 10.0 Å². The van der Waals surface area contributed by atoms with Gasteiger partial charge in [0.15, 0.2) is 0 Å². The number of carbonyl (C=O) groups excluding carboxylic acids is 1. The molecule has 1 amide bonds. The predicted octanol–water partition coefficient (Wildman–Crippen LogP) is 2.13. The maximum Gasteiger partial charge on any atom is 0.250 e. The molecular weight excluding hydrogens is 358 g/mol. The Labute approximate surface area is 151 Å². The standard InChI is InChI=1S/C17H21N3O3S2/c21-16(18-14-5-2-1-3-6-14)13-20-10-8-15(9-11-20)19-25(22,23)17-7-4-12-24-17/h1-7,12,15,19H,8-11,13H2,(H,18,21). The van der Waals surface area contributed by atoms with Crippen molar-refractivity contribution in [3.8, 4) is 0 Å². The van der Waals surface area contributed by atoms with Crippen LogP contribution in [0.15, 0.2) is 52.1 Å². The molecule has 8 heteroatoms. The minimum Gasteiger partial charge on any atom is -0.325 e. The number of sulfonamides is 1. The van der Waals surface area contributed by atoms with Gasteiger partial charge in [-0.3, -0.25) is 9.69 Å². The number of thiophene rings is 1. The first kappa shape index (κ1) is 18.1. The zero-order chi connectivity index (χ0) is 17.7. The van der Waals surface area contributed by atoms with E-state index in [1.165, 1.54) is 11.3 Å². The summed E-state index contributed by atoms with van der Waals surface area (Å²) in [7, 11) is -3.43. The third-order valence-electron chi connectivity index (χ3n) is 4.09. The van der Waals surface area contributed by atoms with Crippen molar-refractivity contribution >= 4 is 33.0 Å². The Balaban J connectivity index is 1.45. The van der Waals surface area contributed by atoms with E-state index >= 15 is 0 Å². The molecule has 1 fully saturated rings. The van der Waals surface area contributed by atoms with Crippen molar-refractivity contribution in [1.82, 2.24) is 9.62 Å². The average molecular weight is 380 g/mol. The SMILES string of the molecule is O=C(CN1CCC(NS(=O)(=O)c2cccs2)CC1)Nc1ccccc1. The van der Waals surface area contributed by atoms with Crippen molar-refractivity contribution < 1.29 is 13.2 Å². The lowest BCUT2D eigenvalue weighted by Gasteiger charge is -2.31. The lowest BCUT2D eigenvalue weighted by atomic mass is 10.1. The summed E-state index contributed by atoms with van der Waals surface area (Å²) in [6.45, 7) is 1.71. The van der Waals surface area contributed by atoms with Gasteiger partial charge in [-0.25, -0.2) is 13.1 Å². The van der Waals surface area contributed by atoms with Crippen molar-refractivity contribution in [1.29, 1.82) is 0 Å². The Morgan fingerprint density at radius 1 is 1.12 bits per heavy atom. The first-order valence-corrected chi connectivity index (χ1v) is 10.5. The van der Waals surface area contributed by atoms with Gasteiger partial charge in [0.25, 0.3) is 0 Å². The van der Waals surface area contributed by atoms with E-state index in [-0.39, 0.29) is 11.9 Å². The van der Waals surface area contributed by atoms with Gasteiger partial charge in [0, 0.05) is 24.8 Å². The van der Waals surface area contributed by atoms with E-state index < -0.39 is 10.0 Å². The van der Waals surface area contributed by atoms with Gasteiger partial charge < -0.3 is 5.32 Å². The number of nitrogens with zero attached hydrogens (tertiary/aromatic N) is 1. The van der Waals surface area contributed by atoms with E-state index in [0.29, 0.717) is 36.7 Å². The van der Waals surface area contributed by atoms with Crippen molar-refractivity contribution in [2.24, 2.45) is 0 Å². The molecule has 2 heterocycles. The van der Waals surface area contributed by atoms with Gasteiger partial charge in [-0.1, -0.05) is 24.3 Å². The number of piperidine rings is 1. The fraction of sp³-hybridized carbons (Fsp3) is 0.353. The molecule has 0 spiro atoms. The normalized spacial score (nSPS) is 16.6. The Morgan fingerprint density at radius 3 is 2.48 bits per heavy atom. The van der Waals surface area contributed by atoms with Crippen LogP contribution >= 0.6 is 11.3 Å².